The second kappa shape index (κ2) is 7.34. The van der Waals surface area contributed by atoms with Crippen LogP contribution in [-0.4, -0.2) is 28.5 Å². The van der Waals surface area contributed by atoms with Crippen LogP contribution in [0.15, 0.2) is 0 Å². The lowest BCUT2D eigenvalue weighted by molar-refractivity contribution is -0.0426. The summed E-state index contributed by atoms with van der Waals surface area (Å²) in [4.78, 5) is 0. The molecule has 0 aromatic heterocycles. The van der Waals surface area contributed by atoms with Crippen molar-refractivity contribution in [3.05, 3.63) is 0 Å². The maximum atomic E-state index is 9.77. The standard InChI is InChI=1S/C14H29NO2/c1-3-4-5-6-10(2)9-11-7-8-12(16)14(17)13(11)15/h10-14,16-17H,3-9,15H2,1-2H3. The zero-order chi connectivity index (χ0) is 12.8. The van der Waals surface area contributed by atoms with E-state index in [1.165, 1.54) is 25.7 Å². The molecule has 4 N–H and O–H groups in total. The van der Waals surface area contributed by atoms with E-state index in [0.29, 0.717) is 18.3 Å². The van der Waals surface area contributed by atoms with Crippen LogP contribution in [0.5, 0.6) is 0 Å². The van der Waals surface area contributed by atoms with Crippen LogP contribution in [0.3, 0.4) is 0 Å². The van der Waals surface area contributed by atoms with Gasteiger partial charge in [-0.25, -0.2) is 0 Å². The molecule has 0 aromatic carbocycles. The fraction of sp³-hybridized carbons (Fsp3) is 1.00. The fourth-order valence-electron chi connectivity index (χ4n) is 2.94. The van der Waals surface area contributed by atoms with Crippen LogP contribution in [0.2, 0.25) is 0 Å². The molecule has 1 fully saturated rings. The molecule has 102 valence electrons. The Balaban J connectivity index is 2.30. The Morgan fingerprint density at radius 1 is 1.24 bits per heavy atom. The van der Waals surface area contributed by atoms with E-state index in [-0.39, 0.29) is 6.04 Å². The molecular formula is C14H29NO2. The summed E-state index contributed by atoms with van der Waals surface area (Å²) in [5, 5.41) is 19.3. The third kappa shape index (κ3) is 4.57. The smallest absolute Gasteiger partial charge is 0.0952 e. The Hall–Kier alpha value is -0.120. The maximum Gasteiger partial charge on any atom is 0.0952 e. The lowest BCUT2D eigenvalue weighted by Gasteiger charge is -2.37. The van der Waals surface area contributed by atoms with Gasteiger partial charge in [0.1, 0.15) is 0 Å². The van der Waals surface area contributed by atoms with Crippen molar-refractivity contribution >= 4 is 0 Å². The number of hydrogen-bond acceptors (Lipinski definition) is 3. The monoisotopic (exact) mass is 243 g/mol. The number of aliphatic hydroxyl groups is 2. The summed E-state index contributed by atoms with van der Waals surface area (Å²) >= 11 is 0. The first-order valence-electron chi connectivity index (χ1n) is 7.18. The van der Waals surface area contributed by atoms with Crippen LogP contribution >= 0.6 is 0 Å². The highest BCUT2D eigenvalue weighted by Gasteiger charge is 2.35. The van der Waals surface area contributed by atoms with E-state index in [2.05, 4.69) is 13.8 Å². The van der Waals surface area contributed by atoms with Gasteiger partial charge in [0.05, 0.1) is 12.2 Å². The molecular weight excluding hydrogens is 214 g/mol. The van der Waals surface area contributed by atoms with Gasteiger partial charge in [-0.3, -0.25) is 0 Å². The molecule has 3 nitrogen and oxygen atoms in total. The van der Waals surface area contributed by atoms with E-state index in [1.54, 1.807) is 0 Å². The molecule has 5 atom stereocenters. The molecule has 1 rings (SSSR count). The van der Waals surface area contributed by atoms with Crippen LogP contribution in [0.25, 0.3) is 0 Å². The van der Waals surface area contributed by atoms with Gasteiger partial charge in [0.15, 0.2) is 0 Å². The van der Waals surface area contributed by atoms with Gasteiger partial charge in [-0.1, -0.05) is 39.5 Å². The Morgan fingerprint density at radius 3 is 2.59 bits per heavy atom. The highest BCUT2D eigenvalue weighted by atomic mass is 16.3. The number of hydrogen-bond donors (Lipinski definition) is 3. The van der Waals surface area contributed by atoms with E-state index in [1.807, 2.05) is 0 Å². The summed E-state index contributed by atoms with van der Waals surface area (Å²) in [7, 11) is 0. The van der Waals surface area contributed by atoms with Crippen molar-refractivity contribution in [2.45, 2.75) is 77.0 Å². The van der Waals surface area contributed by atoms with Crippen molar-refractivity contribution in [1.82, 2.24) is 0 Å². The van der Waals surface area contributed by atoms with Crippen molar-refractivity contribution in [2.75, 3.05) is 0 Å². The number of nitrogens with two attached hydrogens (primary N) is 1. The molecule has 0 aromatic rings. The zero-order valence-electron chi connectivity index (χ0n) is 11.3. The maximum absolute atomic E-state index is 9.77. The lowest BCUT2D eigenvalue weighted by atomic mass is 9.76. The molecule has 0 heterocycles. The van der Waals surface area contributed by atoms with Crippen LogP contribution in [-0.2, 0) is 0 Å². The molecule has 0 bridgehead atoms. The summed E-state index contributed by atoms with van der Waals surface area (Å²) in [6.45, 7) is 4.50. The van der Waals surface area contributed by atoms with Gasteiger partial charge in [0.25, 0.3) is 0 Å². The molecule has 5 unspecified atom stereocenters. The van der Waals surface area contributed by atoms with Gasteiger partial charge < -0.3 is 15.9 Å². The SMILES string of the molecule is CCCCCC(C)CC1CCC(O)C(O)C1N. The molecule has 0 aliphatic heterocycles. The molecule has 0 amide bonds. The number of rotatable bonds is 6. The minimum Gasteiger partial charge on any atom is -0.390 e. The van der Waals surface area contributed by atoms with Crippen molar-refractivity contribution in [3.8, 4) is 0 Å². The van der Waals surface area contributed by atoms with Crippen molar-refractivity contribution in [2.24, 2.45) is 17.6 Å². The van der Waals surface area contributed by atoms with Gasteiger partial charge in [0, 0.05) is 6.04 Å². The molecule has 1 aliphatic rings. The average molecular weight is 243 g/mol. The Bertz CT molecular complexity index is 210. The van der Waals surface area contributed by atoms with E-state index in [0.717, 1.165) is 12.8 Å². The molecule has 1 aliphatic carbocycles. The Labute approximate surface area is 105 Å². The number of unbranched alkanes of at least 4 members (excludes halogenated alkanes) is 2. The highest BCUT2D eigenvalue weighted by Crippen LogP contribution is 2.30. The molecule has 0 radical (unpaired) electrons. The molecule has 3 heteroatoms. The Morgan fingerprint density at radius 2 is 1.94 bits per heavy atom. The molecule has 17 heavy (non-hydrogen) atoms. The minimum atomic E-state index is -0.725. The first kappa shape index (κ1) is 14.9. The predicted octanol–water partition coefficient (Wildman–Crippen LogP) is 2.05. The number of aliphatic hydroxyl groups excluding tert-OH is 2. The van der Waals surface area contributed by atoms with Crippen LogP contribution < -0.4 is 5.73 Å². The van der Waals surface area contributed by atoms with Crippen molar-refractivity contribution in [1.29, 1.82) is 0 Å². The largest absolute Gasteiger partial charge is 0.390 e. The van der Waals surface area contributed by atoms with E-state index in [4.69, 9.17) is 5.73 Å². The third-order valence-corrected chi connectivity index (χ3v) is 4.17. The predicted molar refractivity (Wildman–Crippen MR) is 70.6 cm³/mol. The second-order valence-corrected chi connectivity index (χ2v) is 5.81. The summed E-state index contributed by atoms with van der Waals surface area (Å²) in [5.74, 6) is 1.06. The molecule has 0 spiro atoms. The van der Waals surface area contributed by atoms with Gasteiger partial charge in [-0.05, 0) is 31.1 Å². The first-order valence-corrected chi connectivity index (χ1v) is 7.18. The third-order valence-electron chi connectivity index (χ3n) is 4.17. The fourth-order valence-corrected chi connectivity index (χ4v) is 2.94. The lowest BCUT2D eigenvalue weighted by Crippen LogP contribution is -2.51. The summed E-state index contributed by atoms with van der Waals surface area (Å²) in [5.41, 5.74) is 6.01. The minimum absolute atomic E-state index is 0.243. The summed E-state index contributed by atoms with van der Waals surface area (Å²) in [6, 6.07) is -0.243. The van der Waals surface area contributed by atoms with E-state index < -0.39 is 12.2 Å². The van der Waals surface area contributed by atoms with Gasteiger partial charge in [-0.15, -0.1) is 0 Å². The first-order chi connectivity index (χ1) is 8.06. The summed E-state index contributed by atoms with van der Waals surface area (Å²) in [6.07, 6.45) is 6.53. The quantitative estimate of drug-likeness (QED) is 0.626. The van der Waals surface area contributed by atoms with E-state index in [9.17, 15) is 10.2 Å². The van der Waals surface area contributed by atoms with Crippen molar-refractivity contribution in [3.63, 3.8) is 0 Å². The Kier molecular flexibility index (Phi) is 6.45. The van der Waals surface area contributed by atoms with Crippen molar-refractivity contribution < 1.29 is 10.2 Å². The van der Waals surface area contributed by atoms with Crippen LogP contribution in [0.4, 0.5) is 0 Å². The average Bonchev–Trinajstić information content (AvgIpc) is 2.30. The van der Waals surface area contributed by atoms with E-state index >= 15 is 0 Å². The van der Waals surface area contributed by atoms with Gasteiger partial charge in [-0.2, -0.15) is 0 Å². The van der Waals surface area contributed by atoms with Gasteiger partial charge >= 0.3 is 0 Å². The topological polar surface area (TPSA) is 66.5 Å². The normalized spacial score (nSPS) is 35.8. The highest BCUT2D eigenvalue weighted by molar-refractivity contribution is 4.90. The second-order valence-electron chi connectivity index (χ2n) is 5.81. The molecule has 1 saturated carbocycles. The van der Waals surface area contributed by atoms with Crippen LogP contribution in [0.1, 0.15) is 58.8 Å². The summed E-state index contributed by atoms with van der Waals surface area (Å²) < 4.78 is 0. The molecule has 0 saturated heterocycles. The van der Waals surface area contributed by atoms with Crippen LogP contribution in [0, 0.1) is 11.8 Å². The zero-order valence-corrected chi connectivity index (χ0v) is 11.3. The van der Waals surface area contributed by atoms with Gasteiger partial charge in [0.2, 0.25) is 0 Å².